The van der Waals surface area contributed by atoms with Crippen molar-refractivity contribution >= 4 is 29.6 Å². The minimum Gasteiger partial charge on any atom is -0.241 e. The highest BCUT2D eigenvalue weighted by atomic mass is 35.7. The smallest absolute Gasteiger partial charge is 0.109 e. The van der Waals surface area contributed by atoms with Gasteiger partial charge in [-0.1, -0.05) is 0 Å². The molecule has 1 unspecified atom stereocenters. The summed E-state index contributed by atoms with van der Waals surface area (Å²) in [5.74, 6) is 0. The van der Waals surface area contributed by atoms with E-state index in [9.17, 15) is 4.21 Å². The van der Waals surface area contributed by atoms with Crippen LogP contribution in [0.4, 0.5) is 0 Å². The topological polar surface area (TPSA) is 17.1 Å². The molecule has 4 heteroatoms. The van der Waals surface area contributed by atoms with Crippen molar-refractivity contribution in [2.45, 2.75) is 0 Å². The van der Waals surface area contributed by atoms with E-state index in [0.29, 0.717) is 0 Å². The molecule has 0 aliphatic rings. The number of hydrogen-bond acceptors (Lipinski definition) is 2. The lowest BCUT2D eigenvalue weighted by molar-refractivity contribution is 0.693. The molecule has 0 saturated heterocycles. The summed E-state index contributed by atoms with van der Waals surface area (Å²) in [5, 5.41) is 0. The zero-order valence-electron chi connectivity index (χ0n) is 2.60. The molecule has 0 aromatic rings. The van der Waals surface area contributed by atoms with E-state index in [1.807, 2.05) is 0 Å². The van der Waals surface area contributed by atoms with Crippen LogP contribution in [0.15, 0.2) is 0 Å². The summed E-state index contributed by atoms with van der Waals surface area (Å²) in [5.41, 5.74) is 0. The largest absolute Gasteiger partial charge is 0.241 e. The molecule has 0 spiro atoms. The molecule has 0 aromatic carbocycles. The van der Waals surface area contributed by atoms with Crippen LogP contribution in [0, 0.1) is 0 Å². The zero-order valence-corrected chi connectivity index (χ0v) is 4.99. The van der Waals surface area contributed by atoms with Crippen molar-refractivity contribution in [3.63, 3.8) is 0 Å². The minimum atomic E-state index is -2.36. The molecule has 1 atom stereocenters. The molecule has 0 aliphatic carbocycles. The Labute approximate surface area is 40.5 Å². The van der Waals surface area contributed by atoms with E-state index in [4.69, 9.17) is 10.7 Å². The van der Waals surface area contributed by atoms with Gasteiger partial charge in [-0.05, 0) is 21.9 Å². The van der Waals surface area contributed by atoms with E-state index in [0.717, 1.165) is 0 Å². The Morgan fingerprint density at radius 1 is 2.00 bits per heavy atom. The van der Waals surface area contributed by atoms with Crippen LogP contribution in [-0.4, -0.2) is 10.5 Å². The highest BCUT2D eigenvalue weighted by Crippen LogP contribution is 1.85. The van der Waals surface area contributed by atoms with Crippen molar-refractivity contribution in [3.05, 3.63) is 0 Å². The predicted octanol–water partition coefficient (Wildman–Crippen LogP) is 0.516. The van der Waals surface area contributed by atoms with E-state index in [-0.39, 0.29) is 0 Å². The van der Waals surface area contributed by atoms with Crippen LogP contribution in [0.25, 0.3) is 0 Å². The lowest BCUT2D eigenvalue weighted by atomic mass is 12.0. The Balaban J connectivity index is 4.06. The third-order valence-electron chi connectivity index (χ3n) is 0. The van der Waals surface area contributed by atoms with Gasteiger partial charge in [-0.15, -0.1) is 0 Å². The Morgan fingerprint density at radius 3 is 2.00 bits per heavy atom. The molecule has 0 saturated carbocycles. The van der Waals surface area contributed by atoms with Crippen LogP contribution in [0.1, 0.15) is 0 Å². The van der Waals surface area contributed by atoms with Crippen LogP contribution in [0.2, 0.25) is 0 Å². The third kappa shape index (κ3) is 75.7. The van der Waals surface area contributed by atoms with E-state index in [1.54, 1.807) is 0 Å². The van der Waals surface area contributed by atoms with Gasteiger partial charge in [-0.2, -0.15) is 0 Å². The molecule has 1 nitrogen and oxygen atoms in total. The molecule has 0 amide bonds. The van der Waals surface area contributed by atoms with E-state index >= 15 is 0 Å². The summed E-state index contributed by atoms with van der Waals surface area (Å²) in [7, 11) is 2.51. The average Bonchev–Trinajstić information content (AvgIpc) is 0.722. The second-order valence-corrected chi connectivity index (χ2v) is 6.27. The molecule has 0 aliphatic heterocycles. The summed E-state index contributed by atoms with van der Waals surface area (Å²) >= 11 is 4.12. The molecule has 0 N–H and O–H groups in total. The lowest BCUT2D eigenvalue weighted by Crippen LogP contribution is -1.72. The molecule has 0 fully saturated rings. The first kappa shape index (κ1) is 5.66. The van der Waals surface area contributed by atoms with Crippen LogP contribution < -0.4 is 0 Å². The summed E-state index contributed by atoms with van der Waals surface area (Å²) < 4.78 is 9.77. The summed E-state index contributed by atoms with van der Waals surface area (Å²) in [6, 6.07) is 0. The van der Waals surface area contributed by atoms with Crippen LogP contribution in [0.5, 0.6) is 0 Å². The van der Waals surface area contributed by atoms with Gasteiger partial charge in [0.05, 0.1) is 0 Å². The van der Waals surface area contributed by atoms with Crippen molar-refractivity contribution < 1.29 is 4.21 Å². The van der Waals surface area contributed by atoms with Crippen molar-refractivity contribution in [1.82, 2.24) is 0 Å². The SMILES string of the molecule is CS(=O)(=S)Cl. The molecule has 0 aromatic heterocycles. The first-order chi connectivity index (χ1) is 2.00. The Kier molecular flexibility index (Phi) is 1.59. The zero-order chi connectivity index (χ0) is 4.50. The average molecular weight is 131 g/mol. The fourth-order valence-electron chi connectivity index (χ4n) is 0. The first-order valence-corrected chi connectivity index (χ1v) is 4.61. The van der Waals surface area contributed by atoms with Crippen LogP contribution >= 0.6 is 10.7 Å². The van der Waals surface area contributed by atoms with Gasteiger partial charge in [-0.25, -0.2) is 4.21 Å². The fraction of sp³-hybridized carbons (Fsp3) is 1.00. The first-order valence-electron chi connectivity index (χ1n) is 0.896. The maximum atomic E-state index is 9.77. The number of halogens is 1. The number of hydrogen-bond donors (Lipinski definition) is 0. The summed E-state index contributed by atoms with van der Waals surface area (Å²) in [4.78, 5) is 0. The normalized spacial score (nSPS) is 21.2. The standard InChI is InChI=1S/CH3ClOS2/c1-5(2,3)4/h1H3. The monoisotopic (exact) mass is 130 g/mol. The maximum Gasteiger partial charge on any atom is 0.109 e. The molecular weight excluding hydrogens is 128 g/mol. The van der Waals surface area contributed by atoms with E-state index in [2.05, 4.69) is 11.2 Å². The molecule has 0 heterocycles. The molecule has 0 rings (SSSR count). The van der Waals surface area contributed by atoms with Crippen molar-refractivity contribution in [1.29, 1.82) is 0 Å². The summed E-state index contributed by atoms with van der Waals surface area (Å²) in [6.07, 6.45) is 1.30. The minimum absolute atomic E-state index is 1.30. The molecule has 0 bridgehead atoms. The van der Waals surface area contributed by atoms with Crippen LogP contribution in [0.3, 0.4) is 0 Å². The Morgan fingerprint density at radius 2 is 2.00 bits per heavy atom. The summed E-state index contributed by atoms with van der Waals surface area (Å²) in [6.45, 7) is 0. The lowest BCUT2D eigenvalue weighted by Gasteiger charge is -1.70. The van der Waals surface area contributed by atoms with Crippen LogP contribution in [-0.2, 0) is 18.9 Å². The van der Waals surface area contributed by atoms with Crippen molar-refractivity contribution in [3.8, 4) is 0 Å². The van der Waals surface area contributed by atoms with Gasteiger partial charge in [0.1, 0.15) is 7.71 Å². The van der Waals surface area contributed by atoms with Crippen molar-refractivity contribution in [2.75, 3.05) is 6.26 Å². The predicted molar refractivity (Wildman–Crippen MR) is 27.3 cm³/mol. The van der Waals surface area contributed by atoms with Gasteiger partial charge in [-0.3, -0.25) is 0 Å². The fourth-order valence-corrected chi connectivity index (χ4v) is 0. The van der Waals surface area contributed by atoms with E-state index in [1.165, 1.54) is 6.26 Å². The maximum absolute atomic E-state index is 9.77. The molecule has 0 radical (unpaired) electrons. The second kappa shape index (κ2) is 1.41. The third-order valence-corrected chi connectivity index (χ3v) is 0. The van der Waals surface area contributed by atoms with Gasteiger partial charge in [0.25, 0.3) is 0 Å². The van der Waals surface area contributed by atoms with Crippen molar-refractivity contribution in [2.24, 2.45) is 0 Å². The Bertz CT molecular complexity index is 92.8. The molecule has 5 heavy (non-hydrogen) atoms. The van der Waals surface area contributed by atoms with Gasteiger partial charge >= 0.3 is 0 Å². The van der Waals surface area contributed by atoms with Gasteiger partial charge in [0.2, 0.25) is 0 Å². The second-order valence-electron chi connectivity index (χ2n) is 0.682. The molecular formula is CH3ClOS2. The van der Waals surface area contributed by atoms with E-state index < -0.39 is 7.71 Å². The Hall–Kier alpha value is 0.660. The number of rotatable bonds is 0. The quantitative estimate of drug-likeness (QED) is 0.445. The van der Waals surface area contributed by atoms with Gasteiger partial charge < -0.3 is 0 Å². The molecule has 32 valence electrons. The highest BCUT2D eigenvalue weighted by Gasteiger charge is 1.77. The van der Waals surface area contributed by atoms with Gasteiger partial charge in [0, 0.05) is 6.26 Å². The highest BCUT2D eigenvalue weighted by molar-refractivity contribution is 8.45. The van der Waals surface area contributed by atoms with Gasteiger partial charge in [0.15, 0.2) is 0 Å².